The van der Waals surface area contributed by atoms with E-state index in [-0.39, 0.29) is 5.69 Å². The van der Waals surface area contributed by atoms with Gasteiger partial charge in [-0.05, 0) is 38.1 Å². The summed E-state index contributed by atoms with van der Waals surface area (Å²) in [5, 5.41) is 5.20. The van der Waals surface area contributed by atoms with Gasteiger partial charge in [-0.3, -0.25) is 4.57 Å². The first-order valence-electron chi connectivity index (χ1n) is 6.80. The molecular formula is C14H20N4O. The van der Waals surface area contributed by atoms with Crippen molar-refractivity contribution in [1.29, 1.82) is 0 Å². The summed E-state index contributed by atoms with van der Waals surface area (Å²) in [6.45, 7) is 1.97. The van der Waals surface area contributed by atoms with E-state index in [0.717, 1.165) is 37.0 Å². The molecule has 2 heterocycles. The number of fused-ring (bicyclic) bond motifs is 1. The molecule has 0 amide bonds. The average molecular weight is 260 g/mol. The monoisotopic (exact) mass is 260 g/mol. The molecule has 0 unspecified atom stereocenters. The van der Waals surface area contributed by atoms with Crippen LogP contribution < -0.4 is 16.0 Å². The minimum Gasteiger partial charge on any atom is -0.317 e. The number of nitrogens with zero attached hydrogens (tertiary/aromatic N) is 3. The van der Waals surface area contributed by atoms with Crippen molar-refractivity contribution in [1.82, 2.24) is 14.6 Å². The fourth-order valence-electron chi connectivity index (χ4n) is 2.96. The highest BCUT2D eigenvalue weighted by Crippen LogP contribution is 2.22. The van der Waals surface area contributed by atoms with Crippen molar-refractivity contribution in [3.05, 3.63) is 34.7 Å². The molecule has 2 aromatic rings. The topological polar surface area (TPSA) is 42.2 Å². The molecule has 1 aliphatic rings. The predicted octanol–water partition coefficient (Wildman–Crippen LogP) is 0.925. The quantitative estimate of drug-likeness (QED) is 0.873. The van der Waals surface area contributed by atoms with E-state index in [1.54, 1.807) is 4.68 Å². The fourth-order valence-corrected chi connectivity index (χ4v) is 2.96. The molecule has 0 aliphatic carbocycles. The molecule has 1 aromatic heterocycles. The second kappa shape index (κ2) is 4.74. The summed E-state index contributed by atoms with van der Waals surface area (Å²) in [6, 6.07) is 8.33. The average Bonchev–Trinajstić information content (AvgIpc) is 2.71. The highest BCUT2D eigenvalue weighted by molar-refractivity contribution is 5.76. The van der Waals surface area contributed by atoms with Gasteiger partial charge in [0, 0.05) is 20.1 Å². The first-order chi connectivity index (χ1) is 9.20. The van der Waals surface area contributed by atoms with E-state index >= 15 is 0 Å². The Bertz CT molecular complexity index is 634. The van der Waals surface area contributed by atoms with Gasteiger partial charge in [0.05, 0.1) is 11.0 Å². The Labute approximate surface area is 112 Å². The van der Waals surface area contributed by atoms with Gasteiger partial charge in [0.15, 0.2) is 0 Å². The predicted molar refractivity (Wildman–Crippen MR) is 77.4 cm³/mol. The Morgan fingerprint density at radius 2 is 1.79 bits per heavy atom. The maximum atomic E-state index is 12.7. The van der Waals surface area contributed by atoms with Crippen LogP contribution in [0, 0.1) is 0 Å². The Morgan fingerprint density at radius 1 is 1.16 bits per heavy atom. The van der Waals surface area contributed by atoms with Gasteiger partial charge in [0.2, 0.25) is 0 Å². The standard InChI is InChI=1S/C14H20N4O/c1-16(2)18-13-6-4-3-5-12(13)17(14(18)19)11-7-9-15-10-8-11/h3-6,11,15H,7-10H2,1-2H3. The number of hydrogen-bond acceptors (Lipinski definition) is 3. The summed E-state index contributed by atoms with van der Waals surface area (Å²) in [4.78, 5) is 12.7. The molecule has 102 valence electrons. The van der Waals surface area contributed by atoms with E-state index in [9.17, 15) is 4.79 Å². The second-order valence-electron chi connectivity index (χ2n) is 5.28. The number of piperidine rings is 1. The Kier molecular flexibility index (Phi) is 3.06. The molecule has 1 aromatic carbocycles. The first kappa shape index (κ1) is 12.3. The van der Waals surface area contributed by atoms with Crippen molar-refractivity contribution in [2.45, 2.75) is 18.9 Å². The van der Waals surface area contributed by atoms with Gasteiger partial charge in [0.25, 0.3) is 0 Å². The number of hydrogen-bond donors (Lipinski definition) is 1. The van der Waals surface area contributed by atoms with Crippen LogP contribution in [0.2, 0.25) is 0 Å². The van der Waals surface area contributed by atoms with Crippen molar-refractivity contribution in [2.75, 3.05) is 32.2 Å². The minimum absolute atomic E-state index is 0.0677. The second-order valence-corrected chi connectivity index (χ2v) is 5.28. The van der Waals surface area contributed by atoms with Gasteiger partial charge in [-0.1, -0.05) is 12.1 Å². The third kappa shape index (κ3) is 1.94. The zero-order chi connectivity index (χ0) is 13.4. The van der Waals surface area contributed by atoms with Gasteiger partial charge >= 0.3 is 5.69 Å². The third-order valence-electron chi connectivity index (χ3n) is 3.83. The highest BCUT2D eigenvalue weighted by Gasteiger charge is 2.22. The molecule has 1 fully saturated rings. The lowest BCUT2D eigenvalue weighted by molar-refractivity contribution is 0.365. The summed E-state index contributed by atoms with van der Waals surface area (Å²) in [7, 11) is 3.81. The summed E-state index contributed by atoms with van der Waals surface area (Å²) in [6.07, 6.45) is 2.03. The molecule has 1 saturated heterocycles. The lowest BCUT2D eigenvalue weighted by atomic mass is 10.1. The Morgan fingerprint density at radius 3 is 2.42 bits per heavy atom. The number of para-hydroxylation sites is 2. The van der Waals surface area contributed by atoms with Crippen LogP contribution in [0.25, 0.3) is 11.0 Å². The minimum atomic E-state index is 0.0677. The maximum Gasteiger partial charge on any atom is 0.348 e. The van der Waals surface area contributed by atoms with Crippen LogP contribution in [0.1, 0.15) is 18.9 Å². The Balaban J connectivity index is 2.23. The molecule has 1 N–H and O–H groups in total. The van der Waals surface area contributed by atoms with Crippen LogP contribution in [0.15, 0.2) is 29.1 Å². The maximum absolute atomic E-state index is 12.7. The van der Waals surface area contributed by atoms with Crippen molar-refractivity contribution in [3.63, 3.8) is 0 Å². The Hall–Kier alpha value is -1.75. The zero-order valence-electron chi connectivity index (χ0n) is 11.5. The molecule has 3 rings (SSSR count). The van der Waals surface area contributed by atoms with E-state index in [2.05, 4.69) is 5.32 Å². The largest absolute Gasteiger partial charge is 0.348 e. The summed E-state index contributed by atoms with van der Waals surface area (Å²) in [5.41, 5.74) is 2.09. The van der Waals surface area contributed by atoms with E-state index < -0.39 is 0 Å². The van der Waals surface area contributed by atoms with Gasteiger partial charge in [0.1, 0.15) is 0 Å². The number of imidazole rings is 1. The number of aromatic nitrogens is 2. The van der Waals surface area contributed by atoms with E-state index in [4.69, 9.17) is 0 Å². The summed E-state index contributed by atoms with van der Waals surface area (Å²) in [5.74, 6) is 0. The van der Waals surface area contributed by atoms with Gasteiger partial charge in [-0.15, -0.1) is 0 Å². The molecule has 0 radical (unpaired) electrons. The molecule has 1 aliphatic heterocycles. The fraction of sp³-hybridized carbons (Fsp3) is 0.500. The van der Waals surface area contributed by atoms with Crippen LogP contribution in [0.4, 0.5) is 0 Å². The van der Waals surface area contributed by atoms with Crippen LogP contribution >= 0.6 is 0 Å². The number of nitrogens with one attached hydrogen (secondary N) is 1. The molecule has 5 nitrogen and oxygen atoms in total. The molecule has 0 saturated carbocycles. The van der Waals surface area contributed by atoms with Crippen LogP contribution in [-0.4, -0.2) is 36.4 Å². The summed E-state index contributed by atoms with van der Waals surface area (Å²) < 4.78 is 3.72. The molecule has 19 heavy (non-hydrogen) atoms. The van der Waals surface area contributed by atoms with E-state index in [1.165, 1.54) is 0 Å². The van der Waals surface area contributed by atoms with Crippen LogP contribution in [0.3, 0.4) is 0 Å². The highest BCUT2D eigenvalue weighted by atomic mass is 16.2. The smallest absolute Gasteiger partial charge is 0.317 e. The van der Waals surface area contributed by atoms with Gasteiger partial charge in [-0.2, -0.15) is 0 Å². The first-order valence-corrected chi connectivity index (χ1v) is 6.80. The molecule has 0 atom stereocenters. The lowest BCUT2D eigenvalue weighted by Gasteiger charge is -2.23. The van der Waals surface area contributed by atoms with Crippen LogP contribution in [0.5, 0.6) is 0 Å². The normalized spacial score (nSPS) is 16.9. The number of rotatable bonds is 2. The van der Waals surface area contributed by atoms with Crippen LogP contribution in [-0.2, 0) is 0 Å². The van der Waals surface area contributed by atoms with Crippen molar-refractivity contribution in [3.8, 4) is 0 Å². The van der Waals surface area contributed by atoms with Gasteiger partial charge in [-0.25, -0.2) is 9.47 Å². The molecular weight excluding hydrogens is 240 g/mol. The van der Waals surface area contributed by atoms with Crippen molar-refractivity contribution < 1.29 is 0 Å². The van der Waals surface area contributed by atoms with Crippen molar-refractivity contribution in [2.24, 2.45) is 0 Å². The summed E-state index contributed by atoms with van der Waals surface area (Å²) >= 11 is 0. The third-order valence-corrected chi connectivity index (χ3v) is 3.83. The number of benzene rings is 1. The molecule has 5 heteroatoms. The SMILES string of the molecule is CN(C)n1c(=O)n(C2CCNCC2)c2ccccc21. The van der Waals surface area contributed by atoms with Crippen molar-refractivity contribution >= 4 is 11.0 Å². The zero-order valence-corrected chi connectivity index (χ0v) is 11.5. The van der Waals surface area contributed by atoms with E-state index in [1.807, 2.05) is 47.9 Å². The van der Waals surface area contributed by atoms with Gasteiger partial charge < -0.3 is 10.3 Å². The molecule has 0 bridgehead atoms. The molecule has 0 spiro atoms. The lowest BCUT2D eigenvalue weighted by Crippen LogP contribution is -2.39. The van der Waals surface area contributed by atoms with E-state index in [0.29, 0.717) is 6.04 Å².